The van der Waals surface area contributed by atoms with Crippen molar-refractivity contribution in [1.29, 1.82) is 0 Å². The number of benzene rings is 1. The van der Waals surface area contributed by atoms with Crippen LogP contribution in [-0.4, -0.2) is 32.4 Å². The molecule has 3 aromatic rings. The number of rotatable bonds is 12. The first-order chi connectivity index (χ1) is 13.8. The second kappa shape index (κ2) is 11.5. The molecule has 0 aliphatic heterocycles. The lowest BCUT2D eigenvalue weighted by Gasteiger charge is -2.09. The number of pyridine rings is 1. The van der Waals surface area contributed by atoms with E-state index in [1.165, 1.54) is 36.1 Å². The highest BCUT2D eigenvalue weighted by Crippen LogP contribution is 2.31. The van der Waals surface area contributed by atoms with E-state index in [1.807, 2.05) is 36.2 Å². The zero-order valence-corrected chi connectivity index (χ0v) is 18.1. The third-order valence-corrected chi connectivity index (χ3v) is 7.05. The second-order valence-corrected chi connectivity index (χ2v) is 9.02. The monoisotopic (exact) mass is 415 g/mol. The van der Waals surface area contributed by atoms with Gasteiger partial charge in [0.2, 0.25) is 0 Å². The van der Waals surface area contributed by atoms with Crippen LogP contribution in [0.25, 0.3) is 11.0 Å². The predicted octanol–water partition coefficient (Wildman–Crippen LogP) is 5.98. The quantitative estimate of drug-likeness (QED) is 0.281. The summed E-state index contributed by atoms with van der Waals surface area (Å²) < 4.78 is 0. The molecule has 2 aromatic heterocycles. The fourth-order valence-corrected chi connectivity index (χ4v) is 5.09. The molecule has 0 saturated carbocycles. The van der Waals surface area contributed by atoms with Gasteiger partial charge < -0.3 is 10.1 Å². The standard InChI is InChI=1S/C22H29N3OS2/c1-17-20(27-15-9-5-3-2-4-8-14-26)12-13-23-22(17)28-16-21-24-18-10-6-7-11-19(18)25-21/h6-7,10-13,26H,2-5,8-9,14-16H2,1H3,(H,24,25). The average molecular weight is 416 g/mol. The number of fused-ring (bicyclic) bond motifs is 1. The van der Waals surface area contributed by atoms with Crippen molar-refractivity contribution in [2.45, 2.75) is 61.1 Å². The van der Waals surface area contributed by atoms with E-state index in [0.717, 1.165) is 46.2 Å². The summed E-state index contributed by atoms with van der Waals surface area (Å²) in [6.07, 6.45) is 9.05. The highest BCUT2D eigenvalue weighted by atomic mass is 32.2. The maximum Gasteiger partial charge on any atom is 0.117 e. The van der Waals surface area contributed by atoms with Crippen LogP contribution < -0.4 is 0 Å². The van der Waals surface area contributed by atoms with Crippen molar-refractivity contribution in [3.8, 4) is 0 Å². The molecule has 6 heteroatoms. The minimum absolute atomic E-state index is 0.327. The van der Waals surface area contributed by atoms with Crippen molar-refractivity contribution in [2.75, 3.05) is 12.4 Å². The molecule has 0 fully saturated rings. The van der Waals surface area contributed by atoms with E-state index in [9.17, 15) is 0 Å². The zero-order chi connectivity index (χ0) is 19.6. The minimum Gasteiger partial charge on any atom is -0.396 e. The summed E-state index contributed by atoms with van der Waals surface area (Å²) in [5.41, 5.74) is 3.38. The number of H-pyrrole nitrogens is 1. The first kappa shape index (κ1) is 21.2. The first-order valence-corrected chi connectivity index (χ1v) is 12.0. The van der Waals surface area contributed by atoms with Crippen molar-refractivity contribution in [3.05, 3.63) is 47.9 Å². The number of unbranched alkanes of at least 4 members (excludes halogenated alkanes) is 5. The fraction of sp³-hybridized carbons (Fsp3) is 0.455. The number of hydrogen-bond acceptors (Lipinski definition) is 5. The van der Waals surface area contributed by atoms with E-state index >= 15 is 0 Å². The Hall–Kier alpha value is -1.50. The van der Waals surface area contributed by atoms with Crippen LogP contribution in [0, 0.1) is 6.92 Å². The number of aromatic nitrogens is 3. The Kier molecular flexibility index (Phi) is 8.70. The highest BCUT2D eigenvalue weighted by Gasteiger charge is 2.09. The van der Waals surface area contributed by atoms with Crippen molar-refractivity contribution < 1.29 is 5.11 Å². The highest BCUT2D eigenvalue weighted by molar-refractivity contribution is 7.99. The number of para-hydroxylation sites is 2. The number of nitrogens with one attached hydrogen (secondary N) is 1. The molecule has 28 heavy (non-hydrogen) atoms. The van der Waals surface area contributed by atoms with Crippen LogP contribution in [0.2, 0.25) is 0 Å². The molecule has 0 aliphatic rings. The SMILES string of the molecule is Cc1c(SCCCCCCCCO)ccnc1SCc1nc2ccccc2[nH]1. The number of nitrogens with zero attached hydrogens (tertiary/aromatic N) is 2. The lowest BCUT2D eigenvalue weighted by Crippen LogP contribution is -1.92. The topological polar surface area (TPSA) is 61.8 Å². The largest absolute Gasteiger partial charge is 0.396 e. The van der Waals surface area contributed by atoms with Gasteiger partial charge in [0.1, 0.15) is 10.9 Å². The molecule has 0 bridgehead atoms. The van der Waals surface area contributed by atoms with Crippen LogP contribution in [0.15, 0.2) is 46.5 Å². The number of imidazole rings is 1. The average Bonchev–Trinajstić information content (AvgIpc) is 3.13. The van der Waals surface area contributed by atoms with Gasteiger partial charge in [-0.1, -0.05) is 49.6 Å². The zero-order valence-electron chi connectivity index (χ0n) is 16.5. The van der Waals surface area contributed by atoms with E-state index in [4.69, 9.17) is 5.11 Å². The van der Waals surface area contributed by atoms with Crippen molar-refractivity contribution in [3.63, 3.8) is 0 Å². The Morgan fingerprint density at radius 3 is 2.57 bits per heavy atom. The van der Waals surface area contributed by atoms with Gasteiger partial charge in [0.15, 0.2) is 0 Å². The molecular weight excluding hydrogens is 386 g/mol. The summed E-state index contributed by atoms with van der Waals surface area (Å²) in [6, 6.07) is 10.3. The van der Waals surface area contributed by atoms with Crippen molar-refractivity contribution in [2.24, 2.45) is 0 Å². The third-order valence-electron chi connectivity index (χ3n) is 4.70. The molecule has 150 valence electrons. The molecule has 0 unspecified atom stereocenters. The predicted molar refractivity (Wildman–Crippen MR) is 120 cm³/mol. The molecule has 3 rings (SSSR count). The van der Waals surface area contributed by atoms with Crippen molar-refractivity contribution >= 4 is 34.6 Å². The maximum absolute atomic E-state index is 8.80. The molecule has 1 aromatic carbocycles. The smallest absolute Gasteiger partial charge is 0.117 e. The molecule has 0 amide bonds. The summed E-state index contributed by atoms with van der Waals surface area (Å²) in [5, 5.41) is 9.89. The first-order valence-electron chi connectivity index (χ1n) is 10.0. The van der Waals surface area contributed by atoms with Crippen LogP contribution in [0.3, 0.4) is 0 Å². The Morgan fingerprint density at radius 2 is 1.75 bits per heavy atom. The lowest BCUT2D eigenvalue weighted by molar-refractivity contribution is 0.282. The summed E-state index contributed by atoms with van der Waals surface area (Å²) >= 11 is 3.68. The molecule has 4 nitrogen and oxygen atoms in total. The second-order valence-electron chi connectivity index (χ2n) is 6.92. The molecule has 0 atom stereocenters. The van der Waals surface area contributed by atoms with Gasteiger partial charge in [-0.3, -0.25) is 0 Å². The third kappa shape index (κ3) is 6.26. The Labute approximate surface area is 176 Å². The molecule has 2 heterocycles. The van der Waals surface area contributed by atoms with E-state index < -0.39 is 0 Å². The Balaban J connectivity index is 1.46. The van der Waals surface area contributed by atoms with Crippen LogP contribution in [0.5, 0.6) is 0 Å². The number of aliphatic hydroxyl groups excluding tert-OH is 1. The van der Waals surface area contributed by atoms with Crippen LogP contribution >= 0.6 is 23.5 Å². The van der Waals surface area contributed by atoms with Gasteiger partial charge in [0.05, 0.1) is 16.8 Å². The van der Waals surface area contributed by atoms with Gasteiger partial charge in [-0.2, -0.15) is 0 Å². The van der Waals surface area contributed by atoms with E-state index in [1.54, 1.807) is 11.8 Å². The molecule has 0 spiro atoms. The Bertz CT molecular complexity index is 833. The number of thioether (sulfide) groups is 2. The number of aromatic amines is 1. The lowest BCUT2D eigenvalue weighted by atomic mass is 10.1. The van der Waals surface area contributed by atoms with E-state index in [2.05, 4.69) is 34.0 Å². The van der Waals surface area contributed by atoms with E-state index in [0.29, 0.717) is 6.61 Å². The Morgan fingerprint density at radius 1 is 0.964 bits per heavy atom. The van der Waals surface area contributed by atoms with Gasteiger partial charge >= 0.3 is 0 Å². The number of hydrogen-bond donors (Lipinski definition) is 2. The van der Waals surface area contributed by atoms with Gasteiger partial charge in [-0.05, 0) is 49.3 Å². The normalized spacial score (nSPS) is 11.4. The maximum atomic E-state index is 8.80. The minimum atomic E-state index is 0.327. The van der Waals surface area contributed by atoms with Gasteiger partial charge in [-0.15, -0.1) is 11.8 Å². The van der Waals surface area contributed by atoms with Crippen LogP contribution in [-0.2, 0) is 5.75 Å². The summed E-state index contributed by atoms with van der Waals surface area (Å²) in [7, 11) is 0. The summed E-state index contributed by atoms with van der Waals surface area (Å²) in [6.45, 7) is 2.50. The number of aliphatic hydroxyl groups is 1. The summed E-state index contributed by atoms with van der Waals surface area (Å²) in [5.74, 6) is 2.94. The molecular formula is C22H29N3OS2. The van der Waals surface area contributed by atoms with Gasteiger partial charge in [0.25, 0.3) is 0 Å². The van der Waals surface area contributed by atoms with Gasteiger partial charge in [-0.25, -0.2) is 9.97 Å². The summed E-state index contributed by atoms with van der Waals surface area (Å²) in [4.78, 5) is 14.0. The van der Waals surface area contributed by atoms with Crippen LogP contribution in [0.1, 0.15) is 49.9 Å². The van der Waals surface area contributed by atoms with Crippen LogP contribution in [0.4, 0.5) is 0 Å². The molecule has 0 aliphatic carbocycles. The molecule has 0 saturated heterocycles. The molecule has 0 radical (unpaired) electrons. The molecule has 2 N–H and O–H groups in total. The fourth-order valence-electron chi connectivity index (χ4n) is 3.12. The van der Waals surface area contributed by atoms with Crippen molar-refractivity contribution in [1.82, 2.24) is 15.0 Å². The van der Waals surface area contributed by atoms with E-state index in [-0.39, 0.29) is 0 Å². The van der Waals surface area contributed by atoms with Gasteiger partial charge in [0, 0.05) is 17.7 Å².